The first-order chi connectivity index (χ1) is 8.90. The van der Waals surface area contributed by atoms with Crippen LogP contribution in [-0.4, -0.2) is 36.1 Å². The van der Waals surface area contributed by atoms with Gasteiger partial charge in [-0.05, 0) is 24.5 Å². The molecule has 1 amide bonds. The van der Waals surface area contributed by atoms with Gasteiger partial charge in [0.25, 0.3) is 0 Å². The van der Waals surface area contributed by atoms with Gasteiger partial charge in [0.2, 0.25) is 5.91 Å². The minimum atomic E-state index is -0.527. The number of likely N-dealkylation sites (N-methyl/N-ethyl adjacent to an activating group) is 1. The van der Waals surface area contributed by atoms with Crippen molar-refractivity contribution in [2.45, 2.75) is 26.9 Å². The topological polar surface area (TPSA) is 65.5 Å². The molecule has 0 aliphatic heterocycles. The first kappa shape index (κ1) is 15.4. The molecule has 1 rings (SSSR count). The molecule has 0 fully saturated rings. The van der Waals surface area contributed by atoms with Crippen LogP contribution in [0.4, 0.5) is 5.82 Å². The predicted octanol–water partition coefficient (Wildman–Crippen LogP) is 1.34. The normalized spacial score (nSPS) is 12.3. The number of aliphatic hydroxyl groups is 1. The molecule has 0 saturated heterocycles. The summed E-state index contributed by atoms with van der Waals surface area (Å²) in [6.45, 7) is 6.76. The fraction of sp³-hybridized carbons (Fsp3) is 0.571. The number of nitrogens with zero attached hydrogens (tertiary/aromatic N) is 2. The molecule has 1 heterocycles. The van der Waals surface area contributed by atoms with Crippen LogP contribution in [0.25, 0.3) is 0 Å². The van der Waals surface area contributed by atoms with Gasteiger partial charge in [-0.1, -0.05) is 19.9 Å². The van der Waals surface area contributed by atoms with Crippen LogP contribution >= 0.6 is 0 Å². The van der Waals surface area contributed by atoms with E-state index in [-0.39, 0.29) is 12.5 Å². The monoisotopic (exact) mass is 265 g/mol. The summed E-state index contributed by atoms with van der Waals surface area (Å²) in [5, 5.41) is 12.3. The van der Waals surface area contributed by atoms with E-state index in [9.17, 15) is 9.90 Å². The Labute approximate surface area is 114 Å². The molecule has 1 aromatic heterocycles. The van der Waals surface area contributed by atoms with Gasteiger partial charge < -0.3 is 15.3 Å². The van der Waals surface area contributed by atoms with Gasteiger partial charge in [-0.15, -0.1) is 0 Å². The Morgan fingerprint density at radius 1 is 1.42 bits per heavy atom. The fourth-order valence-corrected chi connectivity index (χ4v) is 1.54. The van der Waals surface area contributed by atoms with Gasteiger partial charge >= 0.3 is 0 Å². The van der Waals surface area contributed by atoms with Gasteiger partial charge in [-0.2, -0.15) is 0 Å². The third-order valence-electron chi connectivity index (χ3n) is 2.73. The average Bonchev–Trinajstić information content (AvgIpc) is 2.36. The average molecular weight is 265 g/mol. The van der Waals surface area contributed by atoms with Crippen molar-refractivity contribution in [1.29, 1.82) is 0 Å². The quantitative estimate of drug-likeness (QED) is 0.814. The van der Waals surface area contributed by atoms with Crippen LogP contribution in [0.2, 0.25) is 0 Å². The largest absolute Gasteiger partial charge is 0.389 e. The zero-order valence-corrected chi connectivity index (χ0v) is 12.1. The standard InChI is InChI=1S/C14H23N3O2/c1-10(2)7-16-14(19)9-17(4)13-6-5-12(8-15-13)11(3)18/h5-6,8,10-11,18H,7,9H2,1-4H3,(H,16,19)/t11-/m0/s1. The van der Waals surface area contributed by atoms with Gasteiger partial charge in [-0.25, -0.2) is 4.98 Å². The highest BCUT2D eigenvalue weighted by molar-refractivity contribution is 5.80. The van der Waals surface area contributed by atoms with Gasteiger partial charge in [-0.3, -0.25) is 4.79 Å². The van der Waals surface area contributed by atoms with Crippen molar-refractivity contribution in [3.05, 3.63) is 23.9 Å². The summed E-state index contributed by atoms with van der Waals surface area (Å²) >= 11 is 0. The molecule has 19 heavy (non-hydrogen) atoms. The van der Waals surface area contributed by atoms with E-state index in [0.717, 1.165) is 5.56 Å². The van der Waals surface area contributed by atoms with Gasteiger partial charge in [0.15, 0.2) is 0 Å². The molecule has 5 nitrogen and oxygen atoms in total. The number of hydrogen-bond donors (Lipinski definition) is 2. The van der Waals surface area contributed by atoms with Crippen LogP contribution in [0.15, 0.2) is 18.3 Å². The molecule has 1 aromatic rings. The summed E-state index contributed by atoms with van der Waals surface area (Å²) in [4.78, 5) is 17.7. The van der Waals surface area contributed by atoms with E-state index in [1.165, 1.54) is 0 Å². The van der Waals surface area contributed by atoms with Crippen molar-refractivity contribution in [3.8, 4) is 0 Å². The Balaban J connectivity index is 2.53. The molecule has 5 heteroatoms. The highest BCUT2D eigenvalue weighted by Crippen LogP contribution is 2.14. The van der Waals surface area contributed by atoms with E-state index in [2.05, 4.69) is 24.1 Å². The minimum absolute atomic E-state index is 0.0161. The Hall–Kier alpha value is -1.62. The maximum absolute atomic E-state index is 11.7. The van der Waals surface area contributed by atoms with E-state index >= 15 is 0 Å². The molecular weight excluding hydrogens is 242 g/mol. The number of hydrogen-bond acceptors (Lipinski definition) is 4. The summed E-state index contributed by atoms with van der Waals surface area (Å²) in [6.07, 6.45) is 1.10. The summed E-state index contributed by atoms with van der Waals surface area (Å²) < 4.78 is 0. The van der Waals surface area contributed by atoms with Crippen LogP contribution in [0.5, 0.6) is 0 Å². The molecule has 0 spiro atoms. The van der Waals surface area contributed by atoms with Crippen LogP contribution < -0.4 is 10.2 Å². The molecule has 0 unspecified atom stereocenters. The van der Waals surface area contributed by atoms with Crippen molar-refractivity contribution in [1.82, 2.24) is 10.3 Å². The number of rotatable bonds is 6. The lowest BCUT2D eigenvalue weighted by Gasteiger charge is -2.18. The van der Waals surface area contributed by atoms with Crippen molar-refractivity contribution >= 4 is 11.7 Å². The van der Waals surface area contributed by atoms with E-state index in [1.54, 1.807) is 24.1 Å². The van der Waals surface area contributed by atoms with E-state index in [0.29, 0.717) is 18.3 Å². The number of anilines is 1. The summed E-state index contributed by atoms with van der Waals surface area (Å²) in [5.41, 5.74) is 0.765. The van der Waals surface area contributed by atoms with Crippen molar-refractivity contribution in [2.75, 3.05) is 25.0 Å². The minimum Gasteiger partial charge on any atom is -0.389 e. The molecular formula is C14H23N3O2. The third kappa shape index (κ3) is 5.26. The van der Waals surface area contributed by atoms with Gasteiger partial charge in [0, 0.05) is 19.8 Å². The van der Waals surface area contributed by atoms with Crippen LogP contribution in [0.3, 0.4) is 0 Å². The van der Waals surface area contributed by atoms with E-state index in [1.807, 2.05) is 13.1 Å². The SMILES string of the molecule is CC(C)CNC(=O)CN(C)c1ccc([C@H](C)O)cn1. The third-order valence-corrected chi connectivity index (χ3v) is 2.73. The number of amides is 1. The Morgan fingerprint density at radius 3 is 2.58 bits per heavy atom. The van der Waals surface area contributed by atoms with Crippen molar-refractivity contribution in [2.24, 2.45) is 5.92 Å². The number of aromatic nitrogens is 1. The molecule has 0 aromatic carbocycles. The summed E-state index contributed by atoms with van der Waals surface area (Å²) in [7, 11) is 1.82. The van der Waals surface area contributed by atoms with E-state index in [4.69, 9.17) is 0 Å². The maximum atomic E-state index is 11.7. The Morgan fingerprint density at radius 2 is 2.11 bits per heavy atom. The lowest BCUT2D eigenvalue weighted by Crippen LogP contribution is -2.37. The van der Waals surface area contributed by atoms with Crippen molar-refractivity contribution in [3.63, 3.8) is 0 Å². The Kier molecular flexibility index (Phi) is 5.76. The molecule has 1 atom stereocenters. The Bertz CT molecular complexity index is 402. The fourth-order valence-electron chi connectivity index (χ4n) is 1.54. The van der Waals surface area contributed by atoms with Crippen LogP contribution in [0.1, 0.15) is 32.4 Å². The van der Waals surface area contributed by atoms with E-state index < -0.39 is 6.10 Å². The zero-order chi connectivity index (χ0) is 14.4. The number of aliphatic hydroxyl groups excluding tert-OH is 1. The second-order valence-electron chi connectivity index (χ2n) is 5.18. The highest BCUT2D eigenvalue weighted by atomic mass is 16.3. The van der Waals surface area contributed by atoms with Crippen LogP contribution in [-0.2, 0) is 4.79 Å². The smallest absolute Gasteiger partial charge is 0.239 e. The molecule has 0 saturated carbocycles. The number of carbonyl (C=O) groups excluding carboxylic acids is 1. The summed E-state index contributed by atoms with van der Waals surface area (Å²) in [6, 6.07) is 3.62. The molecule has 0 radical (unpaired) electrons. The number of carbonyl (C=O) groups is 1. The molecule has 0 aliphatic carbocycles. The first-order valence-corrected chi connectivity index (χ1v) is 6.52. The van der Waals surface area contributed by atoms with Crippen molar-refractivity contribution < 1.29 is 9.90 Å². The summed E-state index contributed by atoms with van der Waals surface area (Å²) in [5.74, 6) is 1.14. The van der Waals surface area contributed by atoms with Gasteiger partial charge in [0.1, 0.15) is 5.82 Å². The lowest BCUT2D eigenvalue weighted by atomic mass is 10.2. The molecule has 2 N–H and O–H groups in total. The second kappa shape index (κ2) is 7.09. The highest BCUT2D eigenvalue weighted by Gasteiger charge is 2.09. The number of nitrogens with one attached hydrogen (secondary N) is 1. The molecule has 0 aliphatic rings. The second-order valence-corrected chi connectivity index (χ2v) is 5.18. The lowest BCUT2D eigenvalue weighted by molar-refractivity contribution is -0.119. The van der Waals surface area contributed by atoms with Gasteiger partial charge in [0.05, 0.1) is 12.6 Å². The predicted molar refractivity (Wildman–Crippen MR) is 76.0 cm³/mol. The first-order valence-electron chi connectivity index (χ1n) is 6.52. The molecule has 0 bridgehead atoms. The zero-order valence-electron chi connectivity index (χ0n) is 12.1. The van der Waals surface area contributed by atoms with Crippen LogP contribution in [0, 0.1) is 5.92 Å². The number of pyridine rings is 1. The molecule has 106 valence electrons. The maximum Gasteiger partial charge on any atom is 0.239 e.